The normalized spacial score (nSPS) is 23.0. The molecule has 2 heterocycles. The second kappa shape index (κ2) is 7.35. The summed E-state index contributed by atoms with van der Waals surface area (Å²) in [5.74, 6) is -2.54. The van der Waals surface area contributed by atoms with Crippen LogP contribution in [-0.4, -0.2) is 45.6 Å². The number of ether oxygens (including phenoxy) is 1. The number of hydrogen-bond acceptors (Lipinski definition) is 5. The summed E-state index contributed by atoms with van der Waals surface area (Å²) in [5, 5.41) is 9.52. The van der Waals surface area contributed by atoms with Gasteiger partial charge in [0.2, 0.25) is 5.91 Å². The van der Waals surface area contributed by atoms with Gasteiger partial charge in [0, 0.05) is 23.7 Å². The number of carbonyl (C=O) groups excluding carboxylic acids is 2. The predicted molar refractivity (Wildman–Crippen MR) is 92.0 cm³/mol. The van der Waals surface area contributed by atoms with E-state index in [-0.39, 0.29) is 29.0 Å². The van der Waals surface area contributed by atoms with Gasteiger partial charge in [-0.2, -0.15) is 0 Å². The summed E-state index contributed by atoms with van der Waals surface area (Å²) < 4.78 is 17.3. The van der Waals surface area contributed by atoms with Crippen LogP contribution in [0.5, 0.6) is 0 Å². The fourth-order valence-corrected chi connectivity index (χ4v) is 4.62. The molecule has 0 spiro atoms. The Hall–Kier alpha value is -2.58. The first-order valence-electron chi connectivity index (χ1n) is 7.96. The van der Waals surface area contributed by atoms with E-state index < -0.39 is 29.0 Å². The Bertz CT molecular complexity index is 803. The Morgan fingerprint density at radius 3 is 2.69 bits per heavy atom. The number of amides is 1. The highest BCUT2D eigenvalue weighted by Crippen LogP contribution is 2.46. The molecular formula is C18H17NO6S. The first-order valence-corrected chi connectivity index (χ1v) is 9.11. The zero-order chi connectivity index (χ0) is 18.8. The van der Waals surface area contributed by atoms with Gasteiger partial charge in [-0.3, -0.25) is 9.69 Å². The van der Waals surface area contributed by atoms with Gasteiger partial charge in [-0.1, -0.05) is 24.3 Å². The van der Waals surface area contributed by atoms with E-state index in [1.54, 1.807) is 36.4 Å². The third-order valence-electron chi connectivity index (χ3n) is 4.48. The molecule has 0 saturated carbocycles. The van der Waals surface area contributed by atoms with E-state index in [4.69, 9.17) is 0 Å². The van der Waals surface area contributed by atoms with Crippen LogP contribution >= 0.6 is 0 Å². The van der Waals surface area contributed by atoms with Crippen LogP contribution in [0.4, 0.5) is 0 Å². The van der Waals surface area contributed by atoms with Crippen molar-refractivity contribution in [1.29, 1.82) is 0 Å². The summed E-state index contributed by atoms with van der Waals surface area (Å²) in [5.41, 5.74) is -0.185. The molecule has 1 N–H and O–H groups in total. The molecule has 3 unspecified atom stereocenters. The summed E-state index contributed by atoms with van der Waals surface area (Å²) in [6.45, 7) is 0. The van der Waals surface area contributed by atoms with Gasteiger partial charge in [0.15, 0.2) is 15.5 Å². The number of carboxylic acids is 1. The number of aliphatic carboxylic acids is 1. The minimum atomic E-state index is -1.64. The smallest absolute Gasteiger partial charge is 0.357 e. The lowest BCUT2D eigenvalue weighted by molar-refractivity contribution is -0.154. The average molecular weight is 375 g/mol. The Balaban J connectivity index is 1.81. The van der Waals surface area contributed by atoms with Crippen LogP contribution in [0.25, 0.3) is 0 Å². The van der Waals surface area contributed by atoms with Gasteiger partial charge in [0.25, 0.3) is 0 Å². The van der Waals surface area contributed by atoms with E-state index in [0.29, 0.717) is 11.3 Å². The monoisotopic (exact) mass is 375 g/mol. The van der Waals surface area contributed by atoms with Crippen molar-refractivity contribution in [3.63, 3.8) is 0 Å². The molecule has 0 aliphatic carbocycles. The van der Waals surface area contributed by atoms with Crippen LogP contribution in [0.2, 0.25) is 0 Å². The lowest BCUT2D eigenvalue weighted by atomic mass is 9.84. The van der Waals surface area contributed by atoms with E-state index in [2.05, 4.69) is 4.74 Å². The van der Waals surface area contributed by atoms with Gasteiger partial charge in [-0.25, -0.2) is 9.59 Å². The Kier molecular flexibility index (Phi) is 5.15. The molecule has 1 aromatic rings. The van der Waals surface area contributed by atoms with Gasteiger partial charge < -0.3 is 14.4 Å². The fraction of sp³-hybridized carbons (Fsp3) is 0.278. The maximum atomic E-state index is 12.8. The molecule has 26 heavy (non-hydrogen) atoms. The quantitative estimate of drug-likeness (QED) is 0.349. The lowest BCUT2D eigenvalue weighted by Gasteiger charge is -2.42. The SMILES string of the molecule is COC(=O)C=CCC1C(=O)N2C(C(=O)O)=C([S+]([O-])c3ccccc3)CC12. The second-order valence-electron chi connectivity index (χ2n) is 5.91. The van der Waals surface area contributed by atoms with Crippen LogP contribution in [-0.2, 0) is 30.3 Å². The van der Waals surface area contributed by atoms with Crippen molar-refractivity contribution >= 4 is 29.0 Å². The third-order valence-corrected chi connectivity index (χ3v) is 5.99. The zero-order valence-electron chi connectivity index (χ0n) is 14.0. The Labute approximate surface area is 153 Å². The molecule has 3 atom stereocenters. The number of β-lactam (4-membered cyclic amide) rings is 1. The number of benzene rings is 1. The molecule has 0 radical (unpaired) electrons. The maximum absolute atomic E-state index is 12.8. The number of carbonyl (C=O) groups is 3. The number of rotatable bonds is 6. The summed E-state index contributed by atoms with van der Waals surface area (Å²) in [6, 6.07) is 8.21. The second-order valence-corrected chi connectivity index (χ2v) is 7.41. The summed E-state index contributed by atoms with van der Waals surface area (Å²) >= 11 is -1.64. The van der Waals surface area contributed by atoms with E-state index >= 15 is 0 Å². The van der Waals surface area contributed by atoms with Gasteiger partial charge >= 0.3 is 11.9 Å². The van der Waals surface area contributed by atoms with Crippen LogP contribution in [0.3, 0.4) is 0 Å². The summed E-state index contributed by atoms with van der Waals surface area (Å²) in [7, 11) is 1.26. The number of carboxylic acid groups (broad SMARTS) is 1. The molecule has 8 heteroatoms. The van der Waals surface area contributed by atoms with E-state index in [1.807, 2.05) is 0 Å². The molecule has 1 fully saturated rings. The Morgan fingerprint density at radius 1 is 1.38 bits per heavy atom. The highest BCUT2D eigenvalue weighted by molar-refractivity contribution is 7.95. The number of methoxy groups -OCH3 is 1. The molecule has 2 aliphatic heterocycles. The van der Waals surface area contributed by atoms with E-state index in [1.165, 1.54) is 18.1 Å². The molecule has 1 amide bonds. The third kappa shape index (κ3) is 3.13. The average Bonchev–Trinajstić information content (AvgIpc) is 3.01. The predicted octanol–water partition coefficient (Wildman–Crippen LogP) is 1.44. The van der Waals surface area contributed by atoms with Crippen LogP contribution in [0, 0.1) is 5.92 Å². The topological polar surface area (TPSA) is 107 Å². The molecule has 1 saturated heterocycles. The van der Waals surface area contributed by atoms with Gasteiger partial charge in [0.05, 0.1) is 19.1 Å². The number of hydrogen-bond donors (Lipinski definition) is 1. The van der Waals surface area contributed by atoms with Crippen molar-refractivity contribution in [3.8, 4) is 0 Å². The van der Waals surface area contributed by atoms with Crippen molar-refractivity contribution in [2.24, 2.45) is 5.92 Å². The molecule has 136 valence electrons. The number of fused-ring (bicyclic) bond motifs is 1. The van der Waals surface area contributed by atoms with Crippen LogP contribution in [0.15, 0.2) is 58.0 Å². The highest BCUT2D eigenvalue weighted by atomic mass is 32.2. The van der Waals surface area contributed by atoms with Gasteiger partial charge in [-0.05, 0) is 18.6 Å². The maximum Gasteiger partial charge on any atom is 0.357 e. The van der Waals surface area contributed by atoms with Crippen LogP contribution < -0.4 is 0 Å². The molecule has 0 bridgehead atoms. The van der Waals surface area contributed by atoms with Crippen molar-refractivity contribution < 1.29 is 28.8 Å². The first-order chi connectivity index (χ1) is 12.5. The molecule has 2 aliphatic rings. The van der Waals surface area contributed by atoms with Crippen molar-refractivity contribution in [3.05, 3.63) is 53.1 Å². The largest absolute Gasteiger partial charge is 0.607 e. The van der Waals surface area contributed by atoms with Gasteiger partial charge in [0.1, 0.15) is 0 Å². The highest BCUT2D eigenvalue weighted by Gasteiger charge is 2.57. The zero-order valence-corrected chi connectivity index (χ0v) is 14.8. The van der Waals surface area contributed by atoms with Gasteiger partial charge in [-0.15, -0.1) is 0 Å². The first kappa shape index (κ1) is 18.2. The standard InChI is InChI=1S/C18H17NO6S/c1-25-15(20)9-5-8-12-13-10-14(16(18(22)23)19(13)17(12)21)26(24)11-6-3-2-4-7-11/h2-7,9,12-13H,8,10H2,1H3,(H,22,23). The minimum Gasteiger partial charge on any atom is -0.607 e. The minimum absolute atomic E-state index is 0.185. The number of esters is 1. The van der Waals surface area contributed by atoms with Crippen LogP contribution in [0.1, 0.15) is 12.8 Å². The Morgan fingerprint density at radius 2 is 2.08 bits per heavy atom. The lowest BCUT2D eigenvalue weighted by Crippen LogP contribution is -2.58. The van der Waals surface area contributed by atoms with Crippen molar-refractivity contribution in [2.45, 2.75) is 23.8 Å². The number of nitrogens with zero attached hydrogens (tertiary/aromatic N) is 1. The van der Waals surface area contributed by atoms with Crippen molar-refractivity contribution in [1.82, 2.24) is 4.90 Å². The summed E-state index contributed by atoms with van der Waals surface area (Å²) in [6.07, 6.45) is 3.32. The number of allylic oxidation sites excluding steroid dienone is 1. The fourth-order valence-electron chi connectivity index (χ4n) is 3.24. The molecule has 7 nitrogen and oxygen atoms in total. The summed E-state index contributed by atoms with van der Waals surface area (Å²) in [4.78, 5) is 37.1. The van der Waals surface area contributed by atoms with E-state index in [9.17, 15) is 24.0 Å². The molecular weight excluding hydrogens is 358 g/mol. The molecule has 0 aromatic heterocycles. The molecule has 1 aromatic carbocycles. The van der Waals surface area contributed by atoms with E-state index in [0.717, 1.165) is 0 Å². The molecule has 3 rings (SSSR count). The van der Waals surface area contributed by atoms with Crippen molar-refractivity contribution in [2.75, 3.05) is 7.11 Å².